The van der Waals surface area contributed by atoms with Gasteiger partial charge >= 0.3 is 5.97 Å². The van der Waals surface area contributed by atoms with E-state index >= 15 is 0 Å². The highest BCUT2D eigenvalue weighted by molar-refractivity contribution is 5.94. The lowest BCUT2D eigenvalue weighted by atomic mass is 10.0. The Kier molecular flexibility index (Phi) is 5.43. The fraction of sp³-hybridized carbons (Fsp3) is 0.533. The molecule has 6 nitrogen and oxygen atoms in total. The molecule has 6 heteroatoms. The number of carbonyl (C=O) groups excluding carboxylic acids is 1. The number of carbonyl (C=O) groups is 1. The first-order valence-corrected chi connectivity index (χ1v) is 6.93. The number of hydrogen-bond acceptors (Lipinski definition) is 5. The minimum Gasteiger partial charge on any atom is -0.456 e. The van der Waals surface area contributed by atoms with Crippen molar-refractivity contribution in [3.63, 3.8) is 0 Å². The van der Waals surface area contributed by atoms with Crippen LogP contribution >= 0.6 is 0 Å². The molecule has 0 aliphatic heterocycles. The molecule has 1 rings (SSSR count). The SMILES string of the molecule is CCCC(N)c1ccc(C(=O)OC(C)(C)C)c([N+](=O)[O-])c1. The Labute approximate surface area is 124 Å². The van der Waals surface area contributed by atoms with E-state index in [1.165, 1.54) is 12.1 Å². The third-order valence-electron chi connectivity index (χ3n) is 2.87. The van der Waals surface area contributed by atoms with Gasteiger partial charge in [0.1, 0.15) is 11.2 Å². The first-order chi connectivity index (χ1) is 9.65. The van der Waals surface area contributed by atoms with Gasteiger partial charge < -0.3 is 10.5 Å². The van der Waals surface area contributed by atoms with Crippen LogP contribution in [0, 0.1) is 10.1 Å². The van der Waals surface area contributed by atoms with Gasteiger partial charge in [0, 0.05) is 12.1 Å². The van der Waals surface area contributed by atoms with Crippen molar-refractivity contribution in [2.75, 3.05) is 0 Å². The second-order valence-electron chi connectivity index (χ2n) is 5.93. The highest BCUT2D eigenvalue weighted by Gasteiger charge is 2.26. The van der Waals surface area contributed by atoms with Crippen molar-refractivity contribution in [2.45, 2.75) is 52.2 Å². The molecule has 0 aliphatic rings. The lowest BCUT2D eigenvalue weighted by Crippen LogP contribution is -2.24. The van der Waals surface area contributed by atoms with Crippen LogP contribution in [-0.2, 0) is 4.74 Å². The summed E-state index contributed by atoms with van der Waals surface area (Å²) < 4.78 is 5.19. The van der Waals surface area contributed by atoms with E-state index in [1.54, 1.807) is 26.8 Å². The first-order valence-electron chi connectivity index (χ1n) is 6.93. The van der Waals surface area contributed by atoms with Crippen LogP contribution in [0.4, 0.5) is 5.69 Å². The molecule has 0 saturated heterocycles. The molecular weight excluding hydrogens is 272 g/mol. The molecule has 1 aromatic carbocycles. The number of ether oxygens (including phenoxy) is 1. The van der Waals surface area contributed by atoms with Gasteiger partial charge in [-0.25, -0.2) is 4.79 Å². The van der Waals surface area contributed by atoms with Gasteiger partial charge in [-0.2, -0.15) is 0 Å². The normalized spacial score (nSPS) is 12.8. The van der Waals surface area contributed by atoms with E-state index in [0.717, 1.165) is 12.8 Å². The van der Waals surface area contributed by atoms with Gasteiger partial charge in [-0.15, -0.1) is 0 Å². The number of rotatable bonds is 5. The quantitative estimate of drug-likeness (QED) is 0.510. The van der Waals surface area contributed by atoms with Crippen LogP contribution in [0.5, 0.6) is 0 Å². The van der Waals surface area contributed by atoms with E-state index in [9.17, 15) is 14.9 Å². The average molecular weight is 294 g/mol. The average Bonchev–Trinajstić information content (AvgIpc) is 2.36. The highest BCUT2D eigenvalue weighted by atomic mass is 16.6. The number of nitro groups is 1. The van der Waals surface area contributed by atoms with Gasteiger partial charge in [-0.3, -0.25) is 10.1 Å². The summed E-state index contributed by atoms with van der Waals surface area (Å²) in [5.74, 6) is -0.704. The third-order valence-corrected chi connectivity index (χ3v) is 2.87. The summed E-state index contributed by atoms with van der Waals surface area (Å²) in [6.45, 7) is 7.12. The van der Waals surface area contributed by atoms with Gasteiger partial charge in [0.05, 0.1) is 4.92 Å². The number of hydrogen-bond donors (Lipinski definition) is 1. The molecule has 0 heterocycles. The zero-order valence-corrected chi connectivity index (χ0v) is 12.9. The molecule has 0 amide bonds. The Morgan fingerprint density at radius 1 is 1.43 bits per heavy atom. The monoisotopic (exact) mass is 294 g/mol. The Bertz CT molecular complexity index is 535. The molecule has 0 aliphatic carbocycles. The van der Waals surface area contributed by atoms with Crippen LogP contribution in [0.15, 0.2) is 18.2 Å². The van der Waals surface area contributed by atoms with Crippen LogP contribution in [0.2, 0.25) is 0 Å². The highest BCUT2D eigenvalue weighted by Crippen LogP contribution is 2.26. The second-order valence-corrected chi connectivity index (χ2v) is 5.93. The predicted octanol–water partition coefficient (Wildman–Crippen LogP) is 3.35. The summed E-state index contributed by atoms with van der Waals surface area (Å²) in [7, 11) is 0. The van der Waals surface area contributed by atoms with Gasteiger partial charge in [0.15, 0.2) is 0 Å². The summed E-state index contributed by atoms with van der Waals surface area (Å²) in [6, 6.07) is 4.14. The molecule has 1 unspecified atom stereocenters. The molecule has 0 fully saturated rings. The smallest absolute Gasteiger partial charge is 0.345 e. The van der Waals surface area contributed by atoms with Crippen LogP contribution in [-0.4, -0.2) is 16.5 Å². The Morgan fingerprint density at radius 3 is 2.52 bits per heavy atom. The number of nitrogens with two attached hydrogens (primary N) is 1. The van der Waals surface area contributed by atoms with Crippen LogP contribution in [0.3, 0.4) is 0 Å². The van der Waals surface area contributed by atoms with E-state index < -0.39 is 16.5 Å². The standard InChI is InChI=1S/C15H22N2O4/c1-5-6-12(16)10-7-8-11(13(9-10)17(19)20)14(18)21-15(2,3)4/h7-9,12H,5-6,16H2,1-4H3. The largest absolute Gasteiger partial charge is 0.456 e. The van der Waals surface area contributed by atoms with Crippen LogP contribution < -0.4 is 5.73 Å². The molecule has 0 bridgehead atoms. The van der Waals surface area contributed by atoms with Gasteiger partial charge in [0.2, 0.25) is 0 Å². The van der Waals surface area contributed by atoms with E-state index in [1.807, 2.05) is 6.92 Å². The number of esters is 1. The molecule has 116 valence electrons. The molecule has 0 radical (unpaired) electrons. The Morgan fingerprint density at radius 2 is 2.05 bits per heavy atom. The van der Waals surface area contributed by atoms with Gasteiger partial charge in [0.25, 0.3) is 5.69 Å². The maximum Gasteiger partial charge on any atom is 0.345 e. The minimum absolute atomic E-state index is 0.0534. The zero-order valence-electron chi connectivity index (χ0n) is 12.9. The molecule has 2 N–H and O–H groups in total. The van der Waals surface area contributed by atoms with Crippen molar-refractivity contribution >= 4 is 11.7 Å². The summed E-state index contributed by atoms with van der Waals surface area (Å²) in [5.41, 5.74) is 5.58. The van der Waals surface area contributed by atoms with E-state index in [-0.39, 0.29) is 17.3 Å². The summed E-state index contributed by atoms with van der Waals surface area (Å²) in [6.07, 6.45) is 1.60. The van der Waals surface area contributed by atoms with Crippen LogP contribution in [0.1, 0.15) is 62.5 Å². The minimum atomic E-state index is -0.706. The fourth-order valence-corrected chi connectivity index (χ4v) is 1.91. The molecule has 1 aromatic rings. The van der Waals surface area contributed by atoms with Gasteiger partial charge in [-0.05, 0) is 38.8 Å². The maximum atomic E-state index is 12.0. The fourth-order valence-electron chi connectivity index (χ4n) is 1.91. The van der Waals surface area contributed by atoms with Gasteiger partial charge in [-0.1, -0.05) is 19.4 Å². The molecule has 0 saturated carbocycles. The van der Waals surface area contributed by atoms with Crippen molar-refractivity contribution in [3.05, 3.63) is 39.4 Å². The topological polar surface area (TPSA) is 95.5 Å². The van der Waals surface area contributed by atoms with Crippen LogP contribution in [0.25, 0.3) is 0 Å². The van der Waals surface area contributed by atoms with Crippen molar-refractivity contribution in [3.8, 4) is 0 Å². The summed E-state index contributed by atoms with van der Waals surface area (Å²) in [5, 5.41) is 11.2. The van der Waals surface area contributed by atoms with Crippen molar-refractivity contribution in [1.29, 1.82) is 0 Å². The molecule has 0 spiro atoms. The number of nitrogens with zero attached hydrogens (tertiary/aromatic N) is 1. The molecule has 1 atom stereocenters. The first kappa shape index (κ1) is 17.1. The van der Waals surface area contributed by atoms with E-state index in [4.69, 9.17) is 10.5 Å². The van der Waals surface area contributed by atoms with E-state index in [0.29, 0.717) is 5.56 Å². The summed E-state index contributed by atoms with van der Waals surface area (Å²) >= 11 is 0. The lowest BCUT2D eigenvalue weighted by molar-refractivity contribution is -0.385. The predicted molar refractivity (Wildman–Crippen MR) is 80.1 cm³/mol. The van der Waals surface area contributed by atoms with Crippen molar-refractivity contribution in [2.24, 2.45) is 5.73 Å². The van der Waals surface area contributed by atoms with Crippen molar-refractivity contribution < 1.29 is 14.5 Å². The number of benzene rings is 1. The maximum absolute atomic E-state index is 12.0. The molecule has 21 heavy (non-hydrogen) atoms. The Hall–Kier alpha value is -1.95. The molecule has 0 aromatic heterocycles. The number of nitro benzene ring substituents is 1. The van der Waals surface area contributed by atoms with E-state index in [2.05, 4.69) is 0 Å². The Balaban J connectivity index is 3.16. The zero-order chi connectivity index (χ0) is 16.2. The molecular formula is C15H22N2O4. The summed E-state index contributed by atoms with van der Waals surface area (Å²) in [4.78, 5) is 22.6. The second kappa shape index (κ2) is 6.67. The third kappa shape index (κ3) is 4.82. The lowest BCUT2D eigenvalue weighted by Gasteiger charge is -2.19. The van der Waals surface area contributed by atoms with Crippen molar-refractivity contribution in [1.82, 2.24) is 0 Å².